The fourth-order valence-corrected chi connectivity index (χ4v) is 3.00. The number of amides is 1. The van der Waals surface area contributed by atoms with Crippen LogP contribution in [0.1, 0.15) is 30.9 Å². The topological polar surface area (TPSA) is 92.3 Å². The van der Waals surface area contributed by atoms with E-state index in [1.165, 1.54) is 11.1 Å². The van der Waals surface area contributed by atoms with Gasteiger partial charge >= 0.3 is 6.09 Å². The molecule has 2 N–H and O–H groups in total. The highest BCUT2D eigenvalue weighted by Gasteiger charge is 2.24. The van der Waals surface area contributed by atoms with Gasteiger partial charge in [-0.05, 0) is 56.9 Å². The predicted molar refractivity (Wildman–Crippen MR) is 104 cm³/mol. The summed E-state index contributed by atoms with van der Waals surface area (Å²) >= 11 is 0. The molecule has 0 saturated carbocycles. The molecule has 8 heteroatoms. The monoisotopic (exact) mass is 370 g/mol. The first-order valence-electron chi connectivity index (χ1n) is 9.27. The maximum absolute atomic E-state index is 11.8. The van der Waals surface area contributed by atoms with Crippen molar-refractivity contribution in [2.24, 2.45) is 0 Å². The molecule has 1 fully saturated rings. The summed E-state index contributed by atoms with van der Waals surface area (Å²) in [5.74, 6) is 1.12. The lowest BCUT2D eigenvalue weighted by Crippen LogP contribution is -2.42. The maximum atomic E-state index is 11.8. The van der Waals surface area contributed by atoms with Crippen molar-refractivity contribution in [3.05, 3.63) is 35.5 Å². The van der Waals surface area contributed by atoms with Crippen molar-refractivity contribution in [1.82, 2.24) is 20.1 Å². The van der Waals surface area contributed by atoms with Crippen molar-refractivity contribution in [3.8, 4) is 0 Å². The van der Waals surface area contributed by atoms with Crippen LogP contribution < -0.4 is 10.6 Å². The summed E-state index contributed by atoms with van der Waals surface area (Å²) in [6.07, 6.45) is 2.99. The van der Waals surface area contributed by atoms with Crippen molar-refractivity contribution in [2.75, 3.05) is 30.3 Å². The van der Waals surface area contributed by atoms with E-state index in [0.29, 0.717) is 31.5 Å². The molecule has 144 valence electrons. The summed E-state index contributed by atoms with van der Waals surface area (Å²) < 4.78 is 5.05. The standard InChI is InChI=1S/C19H26N6O2/c1-4-27-19(26)25-9-7-15(8-10-25)22-18-23-17(12-20-24-18)21-16-6-5-13(2)14(3)11-16/h5-6,11-12,15H,4,7-10H2,1-3H3,(H2,21,22,23,24). The Bertz CT molecular complexity index is 790. The third-order valence-electron chi connectivity index (χ3n) is 4.69. The molecule has 0 bridgehead atoms. The van der Waals surface area contributed by atoms with Crippen molar-refractivity contribution in [1.29, 1.82) is 0 Å². The molecule has 3 rings (SSSR count). The van der Waals surface area contributed by atoms with Crippen molar-refractivity contribution < 1.29 is 9.53 Å². The van der Waals surface area contributed by atoms with Crippen LogP contribution in [0.4, 0.5) is 22.2 Å². The Morgan fingerprint density at radius 1 is 1.26 bits per heavy atom. The Labute approximate surface area is 159 Å². The van der Waals surface area contributed by atoms with Crippen LogP contribution in [-0.2, 0) is 4.74 Å². The second-order valence-corrected chi connectivity index (χ2v) is 6.69. The third kappa shape index (κ3) is 5.06. The van der Waals surface area contributed by atoms with Crippen LogP contribution in [0.25, 0.3) is 0 Å². The number of hydrogen-bond donors (Lipinski definition) is 2. The van der Waals surface area contributed by atoms with E-state index in [4.69, 9.17) is 4.74 Å². The molecule has 1 aliphatic heterocycles. The minimum atomic E-state index is -0.242. The van der Waals surface area contributed by atoms with Crippen molar-refractivity contribution in [2.45, 2.75) is 39.7 Å². The summed E-state index contributed by atoms with van der Waals surface area (Å²) in [6, 6.07) is 6.37. The van der Waals surface area contributed by atoms with Crippen LogP contribution in [0, 0.1) is 13.8 Å². The quantitative estimate of drug-likeness (QED) is 0.834. The number of benzene rings is 1. The van der Waals surface area contributed by atoms with Gasteiger partial charge in [-0.3, -0.25) is 0 Å². The Morgan fingerprint density at radius 2 is 2.04 bits per heavy atom. The zero-order valence-electron chi connectivity index (χ0n) is 16.0. The van der Waals surface area contributed by atoms with E-state index in [2.05, 4.69) is 51.8 Å². The number of anilines is 3. The lowest BCUT2D eigenvalue weighted by atomic mass is 10.1. The van der Waals surface area contributed by atoms with Crippen molar-refractivity contribution >= 4 is 23.5 Å². The fourth-order valence-electron chi connectivity index (χ4n) is 3.00. The van der Waals surface area contributed by atoms with Gasteiger partial charge in [-0.15, -0.1) is 5.10 Å². The summed E-state index contributed by atoms with van der Waals surface area (Å²) in [6.45, 7) is 7.69. The van der Waals surface area contributed by atoms with Gasteiger partial charge in [-0.2, -0.15) is 10.1 Å². The number of carbonyl (C=O) groups excluding carboxylic acids is 1. The lowest BCUT2D eigenvalue weighted by molar-refractivity contribution is 0.0983. The Hall–Kier alpha value is -2.90. The SMILES string of the molecule is CCOC(=O)N1CCC(Nc2nncc(Nc3ccc(C)c(C)c3)n2)CC1. The predicted octanol–water partition coefficient (Wildman–Crippen LogP) is 3.26. The number of nitrogens with one attached hydrogen (secondary N) is 2. The highest BCUT2D eigenvalue weighted by atomic mass is 16.6. The van der Waals surface area contributed by atoms with Crippen LogP contribution >= 0.6 is 0 Å². The zero-order valence-corrected chi connectivity index (χ0v) is 16.0. The van der Waals surface area contributed by atoms with E-state index in [9.17, 15) is 4.79 Å². The molecule has 1 aliphatic rings. The lowest BCUT2D eigenvalue weighted by Gasteiger charge is -2.31. The van der Waals surface area contributed by atoms with E-state index < -0.39 is 0 Å². The van der Waals surface area contributed by atoms with Gasteiger partial charge in [0.1, 0.15) is 0 Å². The van der Waals surface area contributed by atoms with Gasteiger partial charge in [0.05, 0.1) is 12.8 Å². The van der Waals surface area contributed by atoms with Crippen LogP contribution in [0.15, 0.2) is 24.4 Å². The number of hydrogen-bond acceptors (Lipinski definition) is 7. The van der Waals surface area contributed by atoms with Crippen LogP contribution in [-0.4, -0.2) is 51.9 Å². The second-order valence-electron chi connectivity index (χ2n) is 6.69. The van der Waals surface area contributed by atoms with Gasteiger partial charge < -0.3 is 20.3 Å². The van der Waals surface area contributed by atoms with Crippen molar-refractivity contribution in [3.63, 3.8) is 0 Å². The minimum Gasteiger partial charge on any atom is -0.450 e. The fraction of sp³-hybridized carbons (Fsp3) is 0.474. The van der Waals surface area contributed by atoms with Gasteiger partial charge in [-0.1, -0.05) is 6.07 Å². The van der Waals surface area contributed by atoms with Crippen LogP contribution in [0.3, 0.4) is 0 Å². The smallest absolute Gasteiger partial charge is 0.409 e. The molecule has 1 aromatic carbocycles. The number of aromatic nitrogens is 3. The van der Waals surface area contributed by atoms with E-state index in [0.717, 1.165) is 18.5 Å². The molecule has 0 unspecified atom stereocenters. The summed E-state index contributed by atoms with van der Waals surface area (Å²) in [4.78, 5) is 18.0. The van der Waals surface area contributed by atoms with Gasteiger partial charge in [0.15, 0.2) is 5.82 Å². The molecule has 27 heavy (non-hydrogen) atoms. The molecular formula is C19H26N6O2. The molecule has 1 aromatic heterocycles. The number of ether oxygens (including phenoxy) is 1. The molecule has 8 nitrogen and oxygen atoms in total. The third-order valence-corrected chi connectivity index (χ3v) is 4.69. The van der Waals surface area contributed by atoms with E-state index in [1.54, 1.807) is 11.1 Å². The molecule has 0 aliphatic carbocycles. The molecule has 0 spiro atoms. The Morgan fingerprint density at radius 3 is 2.74 bits per heavy atom. The first kappa shape index (κ1) is 18.9. The number of nitrogens with zero attached hydrogens (tertiary/aromatic N) is 4. The van der Waals surface area contributed by atoms with Gasteiger partial charge in [0, 0.05) is 24.8 Å². The molecule has 2 aromatic rings. The highest BCUT2D eigenvalue weighted by Crippen LogP contribution is 2.19. The van der Waals surface area contributed by atoms with Crippen LogP contribution in [0.2, 0.25) is 0 Å². The Kier molecular flexibility index (Phi) is 6.05. The summed E-state index contributed by atoms with van der Waals surface area (Å²) in [5, 5.41) is 14.7. The van der Waals surface area contributed by atoms with Gasteiger partial charge in [0.25, 0.3) is 0 Å². The highest BCUT2D eigenvalue weighted by molar-refractivity contribution is 5.67. The minimum absolute atomic E-state index is 0.203. The van der Waals surface area contributed by atoms with E-state index in [-0.39, 0.29) is 12.1 Å². The number of aryl methyl sites for hydroxylation is 2. The maximum Gasteiger partial charge on any atom is 0.409 e. The average molecular weight is 370 g/mol. The number of piperidine rings is 1. The first-order valence-corrected chi connectivity index (χ1v) is 9.27. The second kappa shape index (κ2) is 8.66. The largest absolute Gasteiger partial charge is 0.450 e. The Balaban J connectivity index is 1.56. The van der Waals surface area contributed by atoms with Gasteiger partial charge in [-0.25, -0.2) is 4.79 Å². The van der Waals surface area contributed by atoms with Crippen LogP contribution in [0.5, 0.6) is 0 Å². The molecular weight excluding hydrogens is 344 g/mol. The number of likely N-dealkylation sites (tertiary alicyclic amines) is 1. The number of carbonyl (C=O) groups is 1. The average Bonchev–Trinajstić information content (AvgIpc) is 2.66. The number of rotatable bonds is 5. The molecule has 1 amide bonds. The summed E-state index contributed by atoms with van der Waals surface area (Å²) in [5.41, 5.74) is 3.43. The molecule has 0 atom stereocenters. The molecule has 0 radical (unpaired) electrons. The van der Waals surface area contributed by atoms with E-state index >= 15 is 0 Å². The molecule has 1 saturated heterocycles. The molecule has 2 heterocycles. The van der Waals surface area contributed by atoms with Gasteiger partial charge in [0.2, 0.25) is 5.95 Å². The summed E-state index contributed by atoms with van der Waals surface area (Å²) in [7, 11) is 0. The normalized spacial score (nSPS) is 14.7. The van der Waals surface area contributed by atoms with E-state index in [1.807, 2.05) is 13.0 Å². The zero-order chi connectivity index (χ0) is 19.2. The first-order chi connectivity index (χ1) is 13.0.